The third kappa shape index (κ3) is 3.78. The number of nitro groups is 1. The van der Waals surface area contributed by atoms with Crippen molar-refractivity contribution in [3.63, 3.8) is 0 Å². The molecule has 2 aromatic rings. The summed E-state index contributed by atoms with van der Waals surface area (Å²) in [5.74, 6) is -0.240. The van der Waals surface area contributed by atoms with Crippen LogP contribution in [0.4, 0.5) is 11.4 Å². The molecule has 0 radical (unpaired) electrons. The molecule has 8 heteroatoms. The van der Waals surface area contributed by atoms with E-state index in [1.165, 1.54) is 29.5 Å². The maximum absolute atomic E-state index is 11.8. The first-order chi connectivity index (χ1) is 9.45. The highest BCUT2D eigenvalue weighted by Crippen LogP contribution is 2.27. The van der Waals surface area contributed by atoms with Crippen molar-refractivity contribution in [1.29, 1.82) is 0 Å². The number of hydrogen-bond donors (Lipinski definition) is 1. The number of nitro benzene ring substituents is 1. The molecule has 5 nitrogen and oxygen atoms in total. The number of thiophene rings is 1. The van der Waals surface area contributed by atoms with E-state index in [0.29, 0.717) is 5.69 Å². The van der Waals surface area contributed by atoms with Gasteiger partial charge in [0.1, 0.15) is 5.02 Å². The van der Waals surface area contributed by atoms with Crippen LogP contribution >= 0.6 is 38.9 Å². The van der Waals surface area contributed by atoms with E-state index in [0.717, 1.165) is 8.66 Å². The molecule has 2 rings (SSSR count). The summed E-state index contributed by atoms with van der Waals surface area (Å²) in [6, 6.07) is 7.86. The molecule has 1 aromatic heterocycles. The van der Waals surface area contributed by atoms with Gasteiger partial charge in [-0.2, -0.15) is 0 Å². The molecule has 1 aromatic carbocycles. The lowest BCUT2D eigenvalue weighted by Crippen LogP contribution is -2.13. The molecule has 0 saturated carbocycles. The van der Waals surface area contributed by atoms with Crippen molar-refractivity contribution in [2.24, 2.45) is 0 Å². The summed E-state index contributed by atoms with van der Waals surface area (Å²) in [4.78, 5) is 22.9. The Labute approximate surface area is 131 Å². The molecule has 0 spiro atoms. The zero-order chi connectivity index (χ0) is 14.7. The monoisotopic (exact) mass is 374 g/mol. The average molecular weight is 376 g/mol. The minimum absolute atomic E-state index is 0.0372. The lowest BCUT2D eigenvalue weighted by atomic mass is 10.2. The standard InChI is InChI=1S/C12H8BrClN2O3S/c13-11-4-2-8(20-11)6-12(17)15-7-1-3-9(14)10(5-7)16(18)19/h1-5H,6H2,(H,15,17). The maximum atomic E-state index is 11.8. The summed E-state index contributed by atoms with van der Waals surface area (Å²) >= 11 is 10.5. The number of benzene rings is 1. The summed E-state index contributed by atoms with van der Waals surface area (Å²) in [5, 5.41) is 13.4. The second-order valence-electron chi connectivity index (χ2n) is 3.85. The predicted octanol–water partition coefficient (Wildman–Crippen LogP) is 4.25. The van der Waals surface area contributed by atoms with Gasteiger partial charge in [-0.3, -0.25) is 14.9 Å². The summed E-state index contributed by atoms with van der Waals surface area (Å²) < 4.78 is 0.947. The minimum atomic E-state index is -0.589. The number of nitrogens with one attached hydrogen (secondary N) is 1. The summed E-state index contributed by atoms with van der Waals surface area (Å²) in [5.41, 5.74) is 0.116. The Bertz CT molecular complexity index is 674. The predicted molar refractivity (Wildman–Crippen MR) is 82.5 cm³/mol. The lowest BCUT2D eigenvalue weighted by Gasteiger charge is -2.04. The molecule has 0 aliphatic heterocycles. The minimum Gasteiger partial charge on any atom is -0.326 e. The number of rotatable bonds is 4. The fourth-order valence-corrected chi connectivity index (χ4v) is 3.21. The van der Waals surface area contributed by atoms with Gasteiger partial charge in [-0.1, -0.05) is 11.6 Å². The van der Waals surface area contributed by atoms with Gasteiger partial charge in [-0.25, -0.2) is 0 Å². The van der Waals surface area contributed by atoms with Crippen LogP contribution in [0, 0.1) is 10.1 Å². The van der Waals surface area contributed by atoms with Crippen molar-refractivity contribution < 1.29 is 9.72 Å². The summed E-state index contributed by atoms with van der Waals surface area (Å²) in [6.07, 6.45) is 0.215. The van der Waals surface area contributed by atoms with Crippen LogP contribution in [0.1, 0.15) is 4.88 Å². The van der Waals surface area contributed by atoms with E-state index in [4.69, 9.17) is 11.6 Å². The smallest absolute Gasteiger partial charge is 0.289 e. The molecule has 0 bridgehead atoms. The quantitative estimate of drug-likeness (QED) is 0.641. The van der Waals surface area contributed by atoms with Crippen LogP contribution in [-0.4, -0.2) is 10.8 Å². The van der Waals surface area contributed by atoms with Gasteiger partial charge < -0.3 is 5.32 Å². The molecule has 0 aliphatic rings. The lowest BCUT2D eigenvalue weighted by molar-refractivity contribution is -0.384. The molecule has 20 heavy (non-hydrogen) atoms. The molecule has 0 aliphatic carbocycles. The maximum Gasteiger partial charge on any atom is 0.289 e. The number of carbonyl (C=O) groups excluding carboxylic acids is 1. The number of hydrogen-bond acceptors (Lipinski definition) is 4. The van der Waals surface area contributed by atoms with Gasteiger partial charge >= 0.3 is 0 Å². The Morgan fingerprint density at radius 1 is 1.40 bits per heavy atom. The van der Waals surface area contributed by atoms with E-state index in [9.17, 15) is 14.9 Å². The molecular formula is C12H8BrClN2O3S. The fraction of sp³-hybridized carbons (Fsp3) is 0.0833. The second-order valence-corrected chi connectivity index (χ2v) is 6.81. The van der Waals surface area contributed by atoms with E-state index in [1.807, 2.05) is 12.1 Å². The van der Waals surface area contributed by atoms with E-state index < -0.39 is 4.92 Å². The van der Waals surface area contributed by atoms with Crippen molar-refractivity contribution in [3.8, 4) is 0 Å². The van der Waals surface area contributed by atoms with E-state index in [-0.39, 0.29) is 23.0 Å². The van der Waals surface area contributed by atoms with Gasteiger partial charge in [0, 0.05) is 16.6 Å². The van der Waals surface area contributed by atoms with Gasteiger partial charge in [-0.05, 0) is 40.2 Å². The Balaban J connectivity index is 2.08. The molecule has 0 saturated heterocycles. The van der Waals surface area contributed by atoms with Gasteiger partial charge in [0.2, 0.25) is 5.91 Å². The highest BCUT2D eigenvalue weighted by Gasteiger charge is 2.14. The van der Waals surface area contributed by atoms with E-state index >= 15 is 0 Å². The first-order valence-corrected chi connectivity index (χ1v) is 7.42. The zero-order valence-corrected chi connectivity index (χ0v) is 13.1. The normalized spacial score (nSPS) is 10.3. The van der Waals surface area contributed by atoms with Crippen molar-refractivity contribution in [3.05, 3.63) is 54.1 Å². The third-order valence-electron chi connectivity index (χ3n) is 2.39. The highest BCUT2D eigenvalue weighted by molar-refractivity contribution is 9.11. The van der Waals surface area contributed by atoms with Crippen LogP contribution in [0.5, 0.6) is 0 Å². The largest absolute Gasteiger partial charge is 0.326 e. The topological polar surface area (TPSA) is 72.2 Å². The molecule has 104 valence electrons. The average Bonchev–Trinajstić information content (AvgIpc) is 2.76. The summed E-state index contributed by atoms with van der Waals surface area (Å²) in [6.45, 7) is 0. The third-order valence-corrected chi connectivity index (χ3v) is 4.33. The van der Waals surface area contributed by atoms with Gasteiger partial charge in [0.25, 0.3) is 5.69 Å². The SMILES string of the molecule is O=C(Cc1ccc(Br)s1)Nc1ccc(Cl)c([N+](=O)[O-])c1. The van der Waals surface area contributed by atoms with Crippen molar-refractivity contribution >= 4 is 56.1 Å². The van der Waals surface area contributed by atoms with Crippen molar-refractivity contribution in [1.82, 2.24) is 0 Å². The number of amides is 1. The molecule has 0 unspecified atom stereocenters. The number of carbonyl (C=O) groups is 1. The Hall–Kier alpha value is -1.44. The van der Waals surface area contributed by atoms with E-state index in [2.05, 4.69) is 21.2 Å². The van der Waals surface area contributed by atoms with Gasteiger partial charge in [-0.15, -0.1) is 11.3 Å². The molecule has 0 fully saturated rings. The van der Waals surface area contributed by atoms with Crippen LogP contribution in [0.15, 0.2) is 34.1 Å². The molecular weight excluding hydrogens is 368 g/mol. The zero-order valence-electron chi connectivity index (χ0n) is 9.93. The van der Waals surface area contributed by atoms with Crippen LogP contribution < -0.4 is 5.32 Å². The molecule has 1 N–H and O–H groups in total. The highest BCUT2D eigenvalue weighted by atomic mass is 79.9. The Morgan fingerprint density at radius 3 is 2.75 bits per heavy atom. The first kappa shape index (κ1) is 15.0. The second kappa shape index (κ2) is 6.34. The summed E-state index contributed by atoms with van der Waals surface area (Å²) in [7, 11) is 0. The number of nitrogens with zero attached hydrogens (tertiary/aromatic N) is 1. The molecule has 0 atom stereocenters. The van der Waals surface area contributed by atoms with Crippen LogP contribution in [0.3, 0.4) is 0 Å². The van der Waals surface area contributed by atoms with E-state index in [1.54, 1.807) is 0 Å². The number of halogens is 2. The Kier molecular flexibility index (Phi) is 4.74. The van der Waals surface area contributed by atoms with Gasteiger partial charge in [0.15, 0.2) is 0 Å². The molecule has 1 heterocycles. The Morgan fingerprint density at radius 2 is 2.15 bits per heavy atom. The van der Waals surface area contributed by atoms with Crippen LogP contribution in [0.2, 0.25) is 5.02 Å². The number of anilines is 1. The van der Waals surface area contributed by atoms with Gasteiger partial charge in [0.05, 0.1) is 15.1 Å². The molecule has 1 amide bonds. The first-order valence-electron chi connectivity index (χ1n) is 5.43. The van der Waals surface area contributed by atoms with Crippen LogP contribution in [0.25, 0.3) is 0 Å². The van der Waals surface area contributed by atoms with Crippen molar-refractivity contribution in [2.75, 3.05) is 5.32 Å². The van der Waals surface area contributed by atoms with Crippen molar-refractivity contribution in [2.45, 2.75) is 6.42 Å². The van der Waals surface area contributed by atoms with Crippen LogP contribution in [-0.2, 0) is 11.2 Å². The fourth-order valence-electron chi connectivity index (χ4n) is 1.54.